The number of carbonyl (C=O) groups excluding carboxylic acids is 1. The number of carbonyl (C=O) groups is 1. The number of nitrogens with zero attached hydrogens (tertiary/aromatic N) is 4. The van der Waals surface area contributed by atoms with Gasteiger partial charge in [-0.15, -0.1) is 0 Å². The van der Waals surface area contributed by atoms with Crippen LogP contribution < -0.4 is 0 Å². The predicted octanol–water partition coefficient (Wildman–Crippen LogP) is 2.36. The van der Waals surface area contributed by atoms with E-state index >= 15 is 0 Å². The lowest BCUT2D eigenvalue weighted by Gasteiger charge is -2.34. The van der Waals surface area contributed by atoms with Crippen molar-refractivity contribution in [2.45, 2.75) is 37.6 Å². The molecule has 2 aliphatic rings. The van der Waals surface area contributed by atoms with E-state index < -0.39 is 0 Å². The number of hydrogen-bond donors (Lipinski definition) is 0. The maximum atomic E-state index is 11.9. The summed E-state index contributed by atoms with van der Waals surface area (Å²) in [5.41, 5.74) is 2.09. The molecule has 0 saturated carbocycles. The van der Waals surface area contributed by atoms with Crippen LogP contribution in [-0.2, 0) is 4.79 Å². The van der Waals surface area contributed by atoms with E-state index in [4.69, 9.17) is 0 Å². The SMILES string of the molecule is O=C1CCC2CCC(c3nc(Br)n4ccncc34)CN12. The number of fused-ring (bicyclic) bond motifs is 2. The first kappa shape index (κ1) is 12.3. The van der Waals surface area contributed by atoms with Crippen molar-refractivity contribution >= 4 is 27.4 Å². The molecule has 6 heteroatoms. The number of hydrogen-bond acceptors (Lipinski definition) is 3. The maximum Gasteiger partial charge on any atom is 0.222 e. The summed E-state index contributed by atoms with van der Waals surface area (Å²) in [5, 5.41) is 0. The third-order valence-corrected chi connectivity index (χ3v) is 5.10. The number of piperidine rings is 1. The highest BCUT2D eigenvalue weighted by Crippen LogP contribution is 2.36. The predicted molar refractivity (Wildman–Crippen MR) is 77.4 cm³/mol. The summed E-state index contributed by atoms with van der Waals surface area (Å²) < 4.78 is 2.81. The van der Waals surface area contributed by atoms with E-state index in [0.29, 0.717) is 24.3 Å². The molecule has 0 radical (unpaired) electrons. The van der Waals surface area contributed by atoms with Gasteiger partial charge < -0.3 is 4.90 Å². The van der Waals surface area contributed by atoms with E-state index in [-0.39, 0.29) is 0 Å². The molecule has 2 atom stereocenters. The van der Waals surface area contributed by atoms with E-state index in [1.54, 1.807) is 6.20 Å². The molecule has 4 rings (SSSR count). The Labute approximate surface area is 125 Å². The molecular formula is C14H15BrN4O. The van der Waals surface area contributed by atoms with Gasteiger partial charge in [-0.1, -0.05) is 0 Å². The molecule has 1 amide bonds. The quantitative estimate of drug-likeness (QED) is 0.804. The van der Waals surface area contributed by atoms with Crippen LogP contribution >= 0.6 is 15.9 Å². The molecule has 20 heavy (non-hydrogen) atoms. The largest absolute Gasteiger partial charge is 0.339 e. The van der Waals surface area contributed by atoms with Gasteiger partial charge in [0, 0.05) is 37.3 Å². The van der Waals surface area contributed by atoms with Crippen LogP contribution in [0.4, 0.5) is 0 Å². The molecule has 0 aliphatic carbocycles. The summed E-state index contributed by atoms with van der Waals surface area (Å²) in [6.45, 7) is 0.803. The summed E-state index contributed by atoms with van der Waals surface area (Å²) in [7, 11) is 0. The second-order valence-corrected chi connectivity index (χ2v) is 6.32. The normalized spacial score (nSPS) is 26.2. The van der Waals surface area contributed by atoms with Gasteiger partial charge in [0.1, 0.15) is 0 Å². The van der Waals surface area contributed by atoms with E-state index in [9.17, 15) is 4.79 Å². The van der Waals surface area contributed by atoms with E-state index in [2.05, 4.69) is 30.8 Å². The fourth-order valence-corrected chi connectivity index (χ4v) is 4.01. The first-order valence-electron chi connectivity index (χ1n) is 7.01. The molecule has 2 aromatic heterocycles. The summed E-state index contributed by atoms with van der Waals surface area (Å²) in [6, 6.07) is 0.467. The lowest BCUT2D eigenvalue weighted by molar-refractivity contribution is -0.130. The summed E-state index contributed by atoms with van der Waals surface area (Å²) in [6.07, 6.45) is 9.45. The lowest BCUT2D eigenvalue weighted by Crippen LogP contribution is -2.40. The van der Waals surface area contributed by atoms with Gasteiger partial charge >= 0.3 is 0 Å². The Kier molecular flexibility index (Phi) is 2.80. The minimum Gasteiger partial charge on any atom is -0.339 e. The van der Waals surface area contributed by atoms with Crippen LogP contribution in [0.15, 0.2) is 23.3 Å². The lowest BCUT2D eigenvalue weighted by atomic mass is 9.90. The van der Waals surface area contributed by atoms with Crippen molar-refractivity contribution in [3.05, 3.63) is 29.0 Å². The van der Waals surface area contributed by atoms with Crippen molar-refractivity contribution in [2.75, 3.05) is 6.54 Å². The van der Waals surface area contributed by atoms with Crippen LogP contribution in [0.1, 0.15) is 37.3 Å². The molecule has 0 N–H and O–H groups in total. The van der Waals surface area contributed by atoms with Gasteiger partial charge in [-0.05, 0) is 35.2 Å². The third-order valence-electron chi connectivity index (χ3n) is 4.54. The Morgan fingerprint density at radius 1 is 1.30 bits per heavy atom. The molecule has 0 aromatic carbocycles. The minimum absolute atomic E-state index is 0.306. The van der Waals surface area contributed by atoms with Gasteiger partial charge in [0.2, 0.25) is 5.91 Å². The van der Waals surface area contributed by atoms with Crippen molar-refractivity contribution in [2.24, 2.45) is 0 Å². The zero-order chi connectivity index (χ0) is 13.7. The van der Waals surface area contributed by atoms with Gasteiger partial charge in [-0.2, -0.15) is 0 Å². The van der Waals surface area contributed by atoms with Gasteiger partial charge in [-0.3, -0.25) is 14.2 Å². The topological polar surface area (TPSA) is 50.5 Å². The van der Waals surface area contributed by atoms with Crippen molar-refractivity contribution < 1.29 is 4.79 Å². The minimum atomic E-state index is 0.306. The van der Waals surface area contributed by atoms with Crippen LogP contribution in [0, 0.1) is 0 Å². The molecule has 0 spiro atoms. The van der Waals surface area contributed by atoms with E-state index in [1.165, 1.54) is 0 Å². The highest BCUT2D eigenvalue weighted by atomic mass is 79.9. The fraction of sp³-hybridized carbons (Fsp3) is 0.500. The summed E-state index contributed by atoms with van der Waals surface area (Å²) in [4.78, 5) is 22.8. The van der Waals surface area contributed by atoms with Crippen LogP contribution in [0.3, 0.4) is 0 Å². The average Bonchev–Trinajstić information content (AvgIpc) is 3.01. The Hall–Kier alpha value is -1.43. The molecule has 104 valence electrons. The molecular weight excluding hydrogens is 320 g/mol. The van der Waals surface area contributed by atoms with Crippen molar-refractivity contribution in [3.63, 3.8) is 0 Å². The van der Waals surface area contributed by atoms with Crippen molar-refractivity contribution in [1.29, 1.82) is 0 Å². The number of amides is 1. The average molecular weight is 335 g/mol. The highest BCUT2D eigenvalue weighted by molar-refractivity contribution is 9.10. The second-order valence-electron chi connectivity index (χ2n) is 5.61. The first-order valence-corrected chi connectivity index (χ1v) is 7.80. The maximum absolute atomic E-state index is 11.9. The number of rotatable bonds is 1. The van der Waals surface area contributed by atoms with Crippen LogP contribution in [-0.4, -0.2) is 37.8 Å². The fourth-order valence-electron chi connectivity index (χ4n) is 3.51. The Morgan fingerprint density at radius 3 is 3.10 bits per heavy atom. The monoisotopic (exact) mass is 334 g/mol. The highest BCUT2D eigenvalue weighted by Gasteiger charge is 2.37. The second kappa shape index (κ2) is 4.55. The Morgan fingerprint density at radius 2 is 2.20 bits per heavy atom. The zero-order valence-corrected chi connectivity index (χ0v) is 12.6. The number of halogens is 1. The summed E-state index contributed by atoms with van der Waals surface area (Å²) in [5.74, 6) is 0.624. The van der Waals surface area contributed by atoms with Gasteiger partial charge in [-0.25, -0.2) is 4.98 Å². The first-order chi connectivity index (χ1) is 9.74. The van der Waals surface area contributed by atoms with Crippen LogP contribution in [0.5, 0.6) is 0 Å². The van der Waals surface area contributed by atoms with E-state index in [0.717, 1.165) is 41.8 Å². The standard InChI is InChI=1S/C14H15BrN4O/c15-14-17-13(11-7-16-5-6-18(11)14)9-1-2-10-3-4-12(20)19(10)8-9/h5-7,9-10H,1-4,8H2. The smallest absolute Gasteiger partial charge is 0.222 e. The van der Waals surface area contributed by atoms with E-state index in [1.807, 2.05) is 16.8 Å². The van der Waals surface area contributed by atoms with Gasteiger partial charge in [0.05, 0.1) is 17.4 Å². The van der Waals surface area contributed by atoms with Crippen LogP contribution in [0.2, 0.25) is 0 Å². The third kappa shape index (κ3) is 1.78. The molecule has 4 heterocycles. The summed E-state index contributed by atoms with van der Waals surface area (Å²) >= 11 is 3.50. The zero-order valence-electron chi connectivity index (χ0n) is 11.0. The molecule has 2 aliphatic heterocycles. The van der Waals surface area contributed by atoms with Gasteiger partial charge in [0.15, 0.2) is 4.73 Å². The molecule has 2 aromatic rings. The molecule has 5 nitrogen and oxygen atoms in total. The van der Waals surface area contributed by atoms with Crippen molar-refractivity contribution in [3.8, 4) is 0 Å². The molecule has 0 bridgehead atoms. The number of imidazole rings is 1. The Balaban J connectivity index is 1.71. The van der Waals surface area contributed by atoms with Crippen LogP contribution in [0.25, 0.3) is 5.52 Å². The van der Waals surface area contributed by atoms with Gasteiger partial charge in [0.25, 0.3) is 0 Å². The molecule has 2 fully saturated rings. The number of aromatic nitrogens is 3. The Bertz CT molecular complexity index is 683. The molecule has 2 saturated heterocycles. The van der Waals surface area contributed by atoms with Crippen molar-refractivity contribution in [1.82, 2.24) is 19.3 Å². The molecule has 2 unspecified atom stereocenters.